The predicted octanol–water partition coefficient (Wildman–Crippen LogP) is 2.65. The van der Waals surface area contributed by atoms with E-state index in [9.17, 15) is 13.2 Å². The molecule has 1 saturated carbocycles. The predicted molar refractivity (Wildman–Crippen MR) is 75.7 cm³/mol. The monoisotopic (exact) mass is 301 g/mol. The summed E-state index contributed by atoms with van der Waals surface area (Å²) < 4.78 is 26.7. The molecule has 1 amide bonds. The maximum Gasteiger partial charge on any atom is 0.273 e. The van der Waals surface area contributed by atoms with E-state index in [0.29, 0.717) is 0 Å². The molecule has 0 unspecified atom stereocenters. The van der Waals surface area contributed by atoms with E-state index in [-0.39, 0.29) is 9.62 Å². The summed E-state index contributed by atoms with van der Waals surface area (Å²) in [6.45, 7) is 7.87. The highest BCUT2D eigenvalue weighted by Crippen LogP contribution is 2.45. The summed E-state index contributed by atoms with van der Waals surface area (Å²) >= 11 is 1.22. The summed E-state index contributed by atoms with van der Waals surface area (Å²) in [5, 5.41) is 0. The minimum Gasteiger partial charge on any atom is -0.273 e. The average Bonchev–Trinajstić information content (AvgIpc) is 2.80. The zero-order valence-corrected chi connectivity index (χ0v) is 13.2. The van der Waals surface area contributed by atoms with Gasteiger partial charge in [0.25, 0.3) is 10.0 Å². The van der Waals surface area contributed by atoms with Gasteiger partial charge in [-0.1, -0.05) is 27.7 Å². The summed E-state index contributed by atoms with van der Waals surface area (Å²) in [5.74, 6) is -0.391. The fraction of sp³-hybridized carbons (Fsp3) is 0.615. The maximum atomic E-state index is 12.1. The molecule has 0 radical (unpaired) electrons. The van der Waals surface area contributed by atoms with Crippen LogP contribution in [0.3, 0.4) is 0 Å². The number of carbonyl (C=O) groups excluding carboxylic acids is 1. The second kappa shape index (κ2) is 4.31. The van der Waals surface area contributed by atoms with Crippen molar-refractivity contribution in [1.82, 2.24) is 4.72 Å². The van der Waals surface area contributed by atoms with E-state index in [4.69, 9.17) is 0 Å². The molecule has 2 rings (SSSR count). The summed E-state index contributed by atoms with van der Waals surface area (Å²) in [6.07, 6.45) is 1.51. The van der Waals surface area contributed by atoms with Gasteiger partial charge in [0, 0.05) is 10.3 Å². The number of hydrogen-bond donors (Lipinski definition) is 1. The molecule has 1 aromatic rings. The molecule has 1 aromatic heterocycles. The quantitative estimate of drug-likeness (QED) is 0.933. The number of sulfonamides is 1. The third-order valence-corrected chi connectivity index (χ3v) is 6.69. The molecule has 6 heteroatoms. The Hall–Kier alpha value is -0.880. The van der Waals surface area contributed by atoms with Crippen LogP contribution in [-0.2, 0) is 20.2 Å². The van der Waals surface area contributed by atoms with Crippen LogP contribution >= 0.6 is 11.3 Å². The van der Waals surface area contributed by atoms with Gasteiger partial charge in [-0.25, -0.2) is 13.1 Å². The summed E-state index contributed by atoms with van der Waals surface area (Å²) in [4.78, 5) is 12.8. The van der Waals surface area contributed by atoms with Gasteiger partial charge in [-0.2, -0.15) is 0 Å². The zero-order chi connectivity index (χ0) is 14.5. The fourth-order valence-electron chi connectivity index (χ4n) is 1.58. The lowest BCUT2D eigenvalue weighted by Crippen LogP contribution is -2.35. The maximum absolute atomic E-state index is 12.1. The molecule has 0 atom stereocenters. The van der Waals surface area contributed by atoms with Crippen molar-refractivity contribution < 1.29 is 13.2 Å². The molecular weight excluding hydrogens is 282 g/mol. The van der Waals surface area contributed by atoms with Gasteiger partial charge in [-0.05, 0) is 30.4 Å². The van der Waals surface area contributed by atoms with Crippen molar-refractivity contribution >= 4 is 27.3 Å². The first-order chi connectivity index (χ1) is 8.55. The van der Waals surface area contributed by atoms with Crippen LogP contribution in [-0.4, -0.2) is 14.3 Å². The first kappa shape index (κ1) is 14.5. The normalized spacial score (nSPS) is 18.1. The number of amides is 1. The van der Waals surface area contributed by atoms with Crippen molar-refractivity contribution in [3.63, 3.8) is 0 Å². The Kier molecular flexibility index (Phi) is 3.30. The lowest BCUT2D eigenvalue weighted by molar-refractivity contribution is -0.123. The van der Waals surface area contributed by atoms with Gasteiger partial charge in [0.15, 0.2) is 0 Å². The fourth-order valence-corrected chi connectivity index (χ4v) is 4.04. The number of hydrogen-bond acceptors (Lipinski definition) is 4. The van der Waals surface area contributed by atoms with Crippen molar-refractivity contribution in [3.05, 3.63) is 17.0 Å². The molecule has 1 aliphatic carbocycles. The van der Waals surface area contributed by atoms with E-state index in [1.165, 1.54) is 11.3 Å². The molecule has 1 fully saturated rings. The van der Waals surface area contributed by atoms with Crippen molar-refractivity contribution in [1.29, 1.82) is 0 Å². The largest absolute Gasteiger partial charge is 0.273 e. The van der Waals surface area contributed by atoms with E-state index in [1.54, 1.807) is 13.0 Å². The molecule has 0 aromatic carbocycles. The topological polar surface area (TPSA) is 63.2 Å². The third kappa shape index (κ3) is 3.00. The molecule has 4 nitrogen and oxygen atoms in total. The molecule has 0 spiro atoms. The van der Waals surface area contributed by atoms with Gasteiger partial charge >= 0.3 is 0 Å². The number of nitrogens with one attached hydrogen (secondary N) is 1. The highest BCUT2D eigenvalue weighted by Gasteiger charge is 2.46. The Morgan fingerprint density at radius 1 is 1.32 bits per heavy atom. The zero-order valence-electron chi connectivity index (χ0n) is 11.6. The highest BCUT2D eigenvalue weighted by molar-refractivity contribution is 7.92. The minimum atomic E-state index is -3.72. The van der Waals surface area contributed by atoms with Crippen LogP contribution < -0.4 is 4.72 Å². The van der Waals surface area contributed by atoms with Gasteiger partial charge in [0.1, 0.15) is 4.21 Å². The van der Waals surface area contributed by atoms with Crippen molar-refractivity contribution in [2.45, 2.75) is 50.2 Å². The Balaban J connectivity index is 2.20. The van der Waals surface area contributed by atoms with Crippen LogP contribution in [0.5, 0.6) is 0 Å². The van der Waals surface area contributed by atoms with Crippen molar-refractivity contribution in [3.8, 4) is 0 Å². The van der Waals surface area contributed by atoms with Gasteiger partial charge in [0.2, 0.25) is 5.91 Å². The molecule has 1 heterocycles. The van der Waals surface area contributed by atoms with Crippen LogP contribution in [0.1, 0.15) is 45.4 Å². The van der Waals surface area contributed by atoms with Crippen molar-refractivity contribution in [2.24, 2.45) is 5.41 Å². The van der Waals surface area contributed by atoms with Gasteiger partial charge in [-0.15, -0.1) is 11.3 Å². The van der Waals surface area contributed by atoms with E-state index in [0.717, 1.165) is 17.7 Å². The van der Waals surface area contributed by atoms with Gasteiger partial charge in [-0.3, -0.25) is 4.79 Å². The first-order valence-corrected chi connectivity index (χ1v) is 8.52. The first-order valence-electron chi connectivity index (χ1n) is 6.22. The van der Waals surface area contributed by atoms with Gasteiger partial charge in [0.05, 0.1) is 0 Å². The van der Waals surface area contributed by atoms with Crippen LogP contribution in [0.25, 0.3) is 0 Å². The highest BCUT2D eigenvalue weighted by atomic mass is 32.2. The third-order valence-electron chi connectivity index (χ3n) is 3.36. The van der Waals surface area contributed by atoms with E-state index < -0.39 is 21.3 Å². The smallest absolute Gasteiger partial charge is 0.273 e. The minimum absolute atomic E-state index is 0.0923. The summed E-state index contributed by atoms with van der Waals surface area (Å²) in [7, 11) is -3.72. The van der Waals surface area contributed by atoms with Gasteiger partial charge < -0.3 is 0 Å². The van der Waals surface area contributed by atoms with E-state index in [1.807, 2.05) is 26.8 Å². The van der Waals surface area contributed by atoms with Crippen molar-refractivity contribution in [2.75, 3.05) is 0 Å². The Bertz CT molecular complexity index is 604. The molecular formula is C13H19NO3S2. The Morgan fingerprint density at radius 3 is 2.32 bits per heavy atom. The standard InChI is InChI=1S/C13H19NO3S2/c1-12(2,3)9-5-6-10(18-9)19(16,17)14-11(15)13(4)7-8-13/h5-6H,7-8H2,1-4H3,(H,14,15). The molecule has 19 heavy (non-hydrogen) atoms. The van der Waals surface area contributed by atoms with E-state index >= 15 is 0 Å². The van der Waals surface area contributed by atoms with Crippen LogP contribution in [0, 0.1) is 5.41 Å². The Labute approximate surface area is 118 Å². The SMILES string of the molecule is CC1(C(=O)NS(=O)(=O)c2ccc(C(C)(C)C)s2)CC1. The molecule has 0 saturated heterocycles. The Morgan fingerprint density at radius 2 is 1.89 bits per heavy atom. The molecule has 106 valence electrons. The molecule has 1 N–H and O–H groups in total. The van der Waals surface area contributed by atoms with E-state index in [2.05, 4.69) is 4.72 Å². The summed E-state index contributed by atoms with van der Waals surface area (Å²) in [5.41, 5.74) is -0.581. The van der Waals surface area contributed by atoms with Crippen LogP contribution in [0.4, 0.5) is 0 Å². The lowest BCUT2D eigenvalue weighted by Gasteiger charge is -2.15. The number of thiophene rings is 1. The molecule has 0 aliphatic heterocycles. The molecule has 1 aliphatic rings. The number of carbonyl (C=O) groups is 1. The van der Waals surface area contributed by atoms with Crippen LogP contribution in [0.15, 0.2) is 16.3 Å². The second-order valence-corrected chi connectivity index (χ2v) is 9.36. The number of rotatable bonds is 3. The second-order valence-electron chi connectivity index (χ2n) is 6.36. The molecule has 0 bridgehead atoms. The van der Waals surface area contributed by atoms with Crippen LogP contribution in [0.2, 0.25) is 0 Å². The average molecular weight is 301 g/mol. The summed E-state index contributed by atoms with van der Waals surface area (Å²) in [6, 6.07) is 3.37. The lowest BCUT2D eigenvalue weighted by atomic mass is 9.95.